The Morgan fingerprint density at radius 2 is 1.56 bits per heavy atom. The summed E-state index contributed by atoms with van der Waals surface area (Å²) in [6, 6.07) is 7.30. The van der Waals surface area contributed by atoms with E-state index in [1.165, 1.54) is 26.6 Å². The molecule has 10 nitrogen and oxygen atoms in total. The molecule has 4 rings (SSSR count). The van der Waals surface area contributed by atoms with Gasteiger partial charge in [0.15, 0.2) is 28.9 Å². The number of piperidine rings is 1. The second-order valence-electron chi connectivity index (χ2n) is 10.4. The zero-order valence-corrected chi connectivity index (χ0v) is 24.0. The van der Waals surface area contributed by atoms with Gasteiger partial charge in [-0.3, -0.25) is 0 Å². The van der Waals surface area contributed by atoms with E-state index in [2.05, 4.69) is 25.5 Å². The van der Waals surface area contributed by atoms with Gasteiger partial charge in [-0.2, -0.15) is 0 Å². The summed E-state index contributed by atoms with van der Waals surface area (Å²) in [5, 5.41) is 16.5. The van der Waals surface area contributed by atoms with Gasteiger partial charge in [-0.1, -0.05) is 0 Å². The topological polar surface area (TPSA) is 110 Å². The van der Waals surface area contributed by atoms with Gasteiger partial charge in [-0.05, 0) is 38.8 Å². The van der Waals surface area contributed by atoms with Crippen LogP contribution in [0.3, 0.4) is 0 Å². The lowest BCUT2D eigenvalue weighted by atomic mass is 10.0. The Hall–Kier alpha value is -3.90. The molecule has 0 saturated carbocycles. The zero-order valence-electron chi connectivity index (χ0n) is 24.0. The fourth-order valence-corrected chi connectivity index (χ4v) is 4.54. The molecule has 0 spiro atoms. The van der Waals surface area contributed by atoms with Crippen molar-refractivity contribution in [3.8, 4) is 23.0 Å². The maximum Gasteiger partial charge on any atom is 0.227 e. The van der Waals surface area contributed by atoms with Gasteiger partial charge in [0.05, 0.1) is 50.6 Å². The van der Waals surface area contributed by atoms with Crippen molar-refractivity contribution in [2.24, 2.45) is 0 Å². The molecule has 1 saturated heterocycles. The normalized spacial score (nSPS) is 14.1. The van der Waals surface area contributed by atoms with Gasteiger partial charge in [-0.15, -0.1) is 0 Å². The van der Waals surface area contributed by atoms with Gasteiger partial charge >= 0.3 is 0 Å². The number of benzene rings is 2. The number of nitrogens with zero attached hydrogens (tertiary/aromatic N) is 3. The summed E-state index contributed by atoms with van der Waals surface area (Å²) in [6.07, 6.45) is 4.74. The van der Waals surface area contributed by atoms with Crippen molar-refractivity contribution in [1.29, 1.82) is 0 Å². The van der Waals surface area contributed by atoms with Crippen LogP contribution in [0.2, 0.25) is 0 Å². The molecule has 222 valence electrons. The SMILES string of the molecule is COc1cc(Nc2ncc(OCc3c(F)c(OC)cc(OC)c3F)cn2)ccc1N1CCC(NCC(C)(C)O)CC1. The van der Waals surface area contributed by atoms with Crippen LogP contribution in [0.25, 0.3) is 0 Å². The number of ether oxygens (including phenoxy) is 4. The van der Waals surface area contributed by atoms with Crippen molar-refractivity contribution < 1.29 is 32.8 Å². The van der Waals surface area contributed by atoms with Crippen LogP contribution < -0.4 is 34.5 Å². The maximum atomic E-state index is 14.6. The Labute approximate surface area is 238 Å². The average Bonchev–Trinajstić information content (AvgIpc) is 2.97. The number of anilines is 3. The Morgan fingerprint density at radius 3 is 2.12 bits per heavy atom. The molecule has 12 heteroatoms. The van der Waals surface area contributed by atoms with Crippen LogP contribution in [0.15, 0.2) is 36.7 Å². The van der Waals surface area contributed by atoms with E-state index in [0.717, 1.165) is 49.1 Å². The Balaban J connectivity index is 1.36. The second kappa shape index (κ2) is 13.2. The minimum absolute atomic E-state index is 0.150. The van der Waals surface area contributed by atoms with Gasteiger partial charge in [0, 0.05) is 43.5 Å². The van der Waals surface area contributed by atoms with E-state index in [1.807, 2.05) is 18.2 Å². The molecule has 0 radical (unpaired) electrons. The van der Waals surface area contributed by atoms with E-state index in [4.69, 9.17) is 18.9 Å². The highest BCUT2D eigenvalue weighted by atomic mass is 19.1. The molecule has 3 aromatic rings. The summed E-state index contributed by atoms with van der Waals surface area (Å²) in [4.78, 5) is 10.8. The van der Waals surface area contributed by atoms with Crippen LogP contribution in [0, 0.1) is 11.6 Å². The predicted molar refractivity (Wildman–Crippen MR) is 152 cm³/mol. The molecule has 1 aliphatic heterocycles. The number of aliphatic hydroxyl groups is 1. The smallest absolute Gasteiger partial charge is 0.227 e. The minimum atomic E-state index is -0.867. The zero-order chi connectivity index (χ0) is 29.6. The predicted octanol–water partition coefficient (Wildman–Crippen LogP) is 4.43. The number of hydrogen-bond acceptors (Lipinski definition) is 10. The van der Waals surface area contributed by atoms with Crippen molar-refractivity contribution in [2.75, 3.05) is 51.2 Å². The number of rotatable bonds is 12. The van der Waals surface area contributed by atoms with E-state index < -0.39 is 23.8 Å². The van der Waals surface area contributed by atoms with Gasteiger partial charge in [0.1, 0.15) is 12.4 Å². The van der Waals surface area contributed by atoms with Crippen LogP contribution in [0.4, 0.5) is 26.1 Å². The van der Waals surface area contributed by atoms with E-state index in [1.54, 1.807) is 21.0 Å². The largest absolute Gasteiger partial charge is 0.495 e. The molecule has 41 heavy (non-hydrogen) atoms. The number of methoxy groups -OCH3 is 3. The van der Waals surface area contributed by atoms with E-state index in [-0.39, 0.29) is 22.8 Å². The highest BCUT2D eigenvalue weighted by Gasteiger charge is 2.24. The van der Waals surface area contributed by atoms with Gasteiger partial charge in [-0.25, -0.2) is 18.7 Å². The van der Waals surface area contributed by atoms with Crippen molar-refractivity contribution in [3.63, 3.8) is 0 Å². The average molecular weight is 574 g/mol. The summed E-state index contributed by atoms with van der Waals surface area (Å²) in [6.45, 7) is 5.49. The van der Waals surface area contributed by atoms with Crippen LogP contribution in [-0.2, 0) is 6.61 Å². The lowest BCUT2D eigenvalue weighted by Crippen LogP contribution is -2.46. The molecular weight excluding hydrogens is 536 g/mol. The summed E-state index contributed by atoms with van der Waals surface area (Å²) in [5.41, 5.74) is 0.668. The summed E-state index contributed by atoms with van der Waals surface area (Å²) in [7, 11) is 4.20. The first-order valence-electron chi connectivity index (χ1n) is 13.3. The summed E-state index contributed by atoms with van der Waals surface area (Å²) < 4.78 is 50.3. The number of aromatic nitrogens is 2. The van der Waals surface area contributed by atoms with E-state index in [0.29, 0.717) is 18.5 Å². The summed E-state index contributed by atoms with van der Waals surface area (Å²) >= 11 is 0. The van der Waals surface area contributed by atoms with Crippen LogP contribution in [-0.4, -0.2) is 67.7 Å². The summed E-state index contributed by atoms with van der Waals surface area (Å²) in [5.74, 6) is -0.778. The molecule has 1 aromatic heterocycles. The highest BCUT2D eigenvalue weighted by Crippen LogP contribution is 2.34. The standard InChI is InChI=1S/C29H37F2N5O5/c1-29(2,37)17-34-18-8-10-36(11-9-18)22-7-6-19(12-23(22)38-3)35-28-32-14-20(15-33-28)41-16-21-26(30)24(39-4)13-25(40-5)27(21)31/h6-7,12-15,18,34,37H,8-11,16-17H2,1-5H3,(H,32,33,35). The molecule has 0 aliphatic carbocycles. The van der Waals surface area contributed by atoms with Crippen molar-refractivity contribution in [3.05, 3.63) is 53.9 Å². The van der Waals surface area contributed by atoms with Crippen molar-refractivity contribution in [1.82, 2.24) is 15.3 Å². The molecule has 2 heterocycles. The fraction of sp³-hybridized carbons (Fsp3) is 0.448. The lowest BCUT2D eigenvalue weighted by Gasteiger charge is -2.35. The van der Waals surface area contributed by atoms with E-state index in [9.17, 15) is 13.9 Å². The van der Waals surface area contributed by atoms with Gasteiger partial charge in [0.2, 0.25) is 5.95 Å². The molecule has 1 aliphatic rings. The van der Waals surface area contributed by atoms with Gasteiger partial charge < -0.3 is 39.6 Å². The van der Waals surface area contributed by atoms with Gasteiger partial charge in [0.25, 0.3) is 0 Å². The molecule has 3 N–H and O–H groups in total. The third-order valence-electron chi connectivity index (χ3n) is 6.77. The Morgan fingerprint density at radius 1 is 0.951 bits per heavy atom. The molecule has 1 fully saturated rings. The minimum Gasteiger partial charge on any atom is -0.495 e. The number of hydrogen-bond donors (Lipinski definition) is 3. The Kier molecular flexibility index (Phi) is 9.66. The first-order valence-corrected chi connectivity index (χ1v) is 13.3. The monoisotopic (exact) mass is 573 g/mol. The lowest BCUT2D eigenvalue weighted by molar-refractivity contribution is 0.0752. The number of halogens is 2. The third kappa shape index (κ3) is 7.65. The second-order valence-corrected chi connectivity index (χ2v) is 10.4. The number of nitrogens with one attached hydrogen (secondary N) is 2. The van der Waals surface area contributed by atoms with E-state index >= 15 is 0 Å². The third-order valence-corrected chi connectivity index (χ3v) is 6.77. The highest BCUT2D eigenvalue weighted by molar-refractivity contribution is 5.67. The van der Waals surface area contributed by atoms with Crippen molar-refractivity contribution >= 4 is 17.3 Å². The van der Waals surface area contributed by atoms with Crippen LogP contribution in [0.1, 0.15) is 32.3 Å². The molecular formula is C29H37F2N5O5. The van der Waals surface area contributed by atoms with Crippen LogP contribution in [0.5, 0.6) is 23.0 Å². The van der Waals surface area contributed by atoms with Crippen molar-refractivity contribution in [2.45, 2.75) is 44.9 Å². The maximum absolute atomic E-state index is 14.6. The molecule has 0 atom stereocenters. The first-order chi connectivity index (χ1) is 19.6. The Bertz CT molecular complexity index is 1280. The quantitative estimate of drug-likeness (QED) is 0.288. The first kappa shape index (κ1) is 30.1. The molecule has 0 unspecified atom stereocenters. The molecule has 2 aromatic carbocycles. The van der Waals surface area contributed by atoms with Crippen LogP contribution >= 0.6 is 0 Å². The molecule has 0 bridgehead atoms. The molecule has 0 amide bonds. The fourth-order valence-electron chi connectivity index (χ4n) is 4.54.